The van der Waals surface area contributed by atoms with Gasteiger partial charge in [0, 0.05) is 12.6 Å². The molecule has 0 aromatic heterocycles. The van der Waals surface area contributed by atoms with Gasteiger partial charge in [-0.15, -0.1) is 0 Å². The zero-order valence-electron chi connectivity index (χ0n) is 11.8. The summed E-state index contributed by atoms with van der Waals surface area (Å²) in [5.74, 6) is -0.890. The molecular weight excluding hydrogens is 250 g/mol. The largest absolute Gasteiger partial charge is 0.478 e. The number of benzene rings is 2. The molecule has 0 heterocycles. The first-order valence-corrected chi connectivity index (χ1v) is 6.68. The zero-order chi connectivity index (χ0) is 14.5. The summed E-state index contributed by atoms with van der Waals surface area (Å²) >= 11 is 0. The van der Waals surface area contributed by atoms with Crippen LogP contribution in [0.5, 0.6) is 0 Å². The standard InChI is InChI=1S/C17H19NO2/c1-12-5-3-7-15(9-12)13(2)18-11-14-6-4-8-16(10-14)17(19)20/h3-10,13,18H,11H2,1-2H3,(H,19,20)/t13-/m1/s1. The molecule has 2 N–H and O–H groups in total. The van der Waals surface area contributed by atoms with Crippen molar-refractivity contribution in [2.45, 2.75) is 26.4 Å². The maximum absolute atomic E-state index is 10.9. The number of hydrogen-bond donors (Lipinski definition) is 2. The Bertz CT molecular complexity index is 607. The van der Waals surface area contributed by atoms with Crippen LogP contribution in [0.25, 0.3) is 0 Å². The molecule has 104 valence electrons. The zero-order valence-corrected chi connectivity index (χ0v) is 11.8. The molecule has 0 unspecified atom stereocenters. The molecular formula is C17H19NO2. The fourth-order valence-electron chi connectivity index (χ4n) is 2.14. The van der Waals surface area contributed by atoms with E-state index in [1.807, 2.05) is 12.1 Å². The summed E-state index contributed by atoms with van der Waals surface area (Å²) < 4.78 is 0. The van der Waals surface area contributed by atoms with E-state index in [1.165, 1.54) is 11.1 Å². The van der Waals surface area contributed by atoms with E-state index in [0.717, 1.165) is 5.56 Å². The molecule has 2 aromatic carbocycles. The van der Waals surface area contributed by atoms with Crippen molar-refractivity contribution in [3.05, 3.63) is 70.8 Å². The lowest BCUT2D eigenvalue weighted by Crippen LogP contribution is -2.18. The molecule has 0 aliphatic heterocycles. The average Bonchev–Trinajstić information content (AvgIpc) is 2.45. The van der Waals surface area contributed by atoms with Crippen LogP contribution in [0.4, 0.5) is 0 Å². The fourth-order valence-corrected chi connectivity index (χ4v) is 2.14. The minimum atomic E-state index is -0.890. The number of aromatic carboxylic acids is 1. The Morgan fingerprint density at radius 3 is 2.65 bits per heavy atom. The van der Waals surface area contributed by atoms with Crippen molar-refractivity contribution in [1.29, 1.82) is 0 Å². The normalized spacial score (nSPS) is 12.1. The van der Waals surface area contributed by atoms with Crippen molar-refractivity contribution >= 4 is 5.97 Å². The summed E-state index contributed by atoms with van der Waals surface area (Å²) in [7, 11) is 0. The first kappa shape index (κ1) is 14.3. The van der Waals surface area contributed by atoms with Gasteiger partial charge in [-0.05, 0) is 37.1 Å². The van der Waals surface area contributed by atoms with E-state index in [-0.39, 0.29) is 6.04 Å². The van der Waals surface area contributed by atoms with Crippen molar-refractivity contribution < 1.29 is 9.90 Å². The fraction of sp³-hybridized carbons (Fsp3) is 0.235. The van der Waals surface area contributed by atoms with E-state index >= 15 is 0 Å². The van der Waals surface area contributed by atoms with E-state index in [2.05, 4.69) is 37.4 Å². The molecule has 0 saturated heterocycles. The quantitative estimate of drug-likeness (QED) is 0.872. The molecule has 3 nitrogen and oxygen atoms in total. The first-order valence-electron chi connectivity index (χ1n) is 6.68. The van der Waals surface area contributed by atoms with Crippen LogP contribution in [0.2, 0.25) is 0 Å². The van der Waals surface area contributed by atoms with E-state index in [9.17, 15) is 4.79 Å². The highest BCUT2D eigenvalue weighted by Crippen LogP contribution is 2.15. The maximum atomic E-state index is 10.9. The molecule has 0 amide bonds. The van der Waals surface area contributed by atoms with Crippen LogP contribution in [0.1, 0.15) is 40.0 Å². The van der Waals surface area contributed by atoms with Crippen LogP contribution in [-0.2, 0) is 6.54 Å². The Morgan fingerprint density at radius 1 is 1.20 bits per heavy atom. The van der Waals surface area contributed by atoms with Gasteiger partial charge in [-0.25, -0.2) is 4.79 Å². The van der Waals surface area contributed by atoms with E-state index < -0.39 is 5.97 Å². The van der Waals surface area contributed by atoms with Gasteiger partial charge < -0.3 is 10.4 Å². The van der Waals surface area contributed by atoms with Gasteiger partial charge in [0.1, 0.15) is 0 Å². The topological polar surface area (TPSA) is 49.3 Å². The SMILES string of the molecule is Cc1cccc([C@@H](C)NCc2cccc(C(=O)O)c2)c1. The third-order valence-corrected chi connectivity index (χ3v) is 3.33. The molecule has 0 aliphatic carbocycles. The van der Waals surface area contributed by atoms with Gasteiger partial charge in [0.05, 0.1) is 5.56 Å². The van der Waals surface area contributed by atoms with Gasteiger partial charge in [0.2, 0.25) is 0 Å². The molecule has 0 aliphatic rings. The molecule has 0 spiro atoms. The molecule has 3 heteroatoms. The Balaban J connectivity index is 2.01. The van der Waals surface area contributed by atoms with Gasteiger partial charge in [-0.2, -0.15) is 0 Å². The summed E-state index contributed by atoms with van der Waals surface area (Å²) in [6.45, 7) is 4.83. The summed E-state index contributed by atoms with van der Waals surface area (Å²) in [5, 5.41) is 12.4. The van der Waals surface area contributed by atoms with Crippen molar-refractivity contribution in [3.63, 3.8) is 0 Å². The number of carbonyl (C=O) groups is 1. The summed E-state index contributed by atoms with van der Waals surface area (Å²) in [6.07, 6.45) is 0. The van der Waals surface area contributed by atoms with Gasteiger partial charge in [0.25, 0.3) is 0 Å². The van der Waals surface area contributed by atoms with Gasteiger partial charge in [-0.3, -0.25) is 0 Å². The highest BCUT2D eigenvalue weighted by Gasteiger charge is 2.06. The van der Waals surface area contributed by atoms with E-state index in [4.69, 9.17) is 5.11 Å². The second-order valence-corrected chi connectivity index (χ2v) is 5.02. The average molecular weight is 269 g/mol. The summed E-state index contributed by atoms with van der Waals surface area (Å²) in [5.41, 5.74) is 3.78. The number of carboxylic acid groups (broad SMARTS) is 1. The Morgan fingerprint density at radius 2 is 1.95 bits per heavy atom. The first-order chi connectivity index (χ1) is 9.56. The molecule has 0 saturated carbocycles. The predicted octanol–water partition coefficient (Wildman–Crippen LogP) is 3.54. The second kappa shape index (κ2) is 6.35. The van der Waals surface area contributed by atoms with Gasteiger partial charge in [0.15, 0.2) is 0 Å². The maximum Gasteiger partial charge on any atom is 0.335 e. The number of aryl methyl sites for hydroxylation is 1. The second-order valence-electron chi connectivity index (χ2n) is 5.02. The third-order valence-electron chi connectivity index (χ3n) is 3.33. The van der Waals surface area contributed by atoms with E-state index in [1.54, 1.807) is 18.2 Å². The molecule has 1 atom stereocenters. The van der Waals surface area contributed by atoms with Crippen molar-refractivity contribution in [2.24, 2.45) is 0 Å². The highest BCUT2D eigenvalue weighted by atomic mass is 16.4. The predicted molar refractivity (Wildman–Crippen MR) is 79.8 cm³/mol. The highest BCUT2D eigenvalue weighted by molar-refractivity contribution is 5.87. The van der Waals surface area contributed by atoms with Crippen LogP contribution in [-0.4, -0.2) is 11.1 Å². The van der Waals surface area contributed by atoms with Crippen molar-refractivity contribution in [3.8, 4) is 0 Å². The minimum Gasteiger partial charge on any atom is -0.478 e. The smallest absolute Gasteiger partial charge is 0.335 e. The molecule has 2 aromatic rings. The number of carboxylic acids is 1. The lowest BCUT2D eigenvalue weighted by atomic mass is 10.1. The minimum absolute atomic E-state index is 0.225. The third kappa shape index (κ3) is 3.68. The molecule has 0 fully saturated rings. The lowest BCUT2D eigenvalue weighted by molar-refractivity contribution is 0.0696. The van der Waals surface area contributed by atoms with Crippen LogP contribution in [0.3, 0.4) is 0 Å². The van der Waals surface area contributed by atoms with Crippen LogP contribution >= 0.6 is 0 Å². The van der Waals surface area contributed by atoms with Crippen molar-refractivity contribution in [1.82, 2.24) is 5.32 Å². The summed E-state index contributed by atoms with van der Waals surface area (Å²) in [4.78, 5) is 10.9. The van der Waals surface area contributed by atoms with Gasteiger partial charge >= 0.3 is 5.97 Å². The molecule has 0 bridgehead atoms. The summed E-state index contributed by atoms with van der Waals surface area (Å²) in [6, 6.07) is 15.6. The Labute approximate surface area is 119 Å². The van der Waals surface area contributed by atoms with Crippen LogP contribution in [0, 0.1) is 6.92 Å². The number of rotatable bonds is 5. The van der Waals surface area contributed by atoms with E-state index in [0.29, 0.717) is 12.1 Å². The van der Waals surface area contributed by atoms with Crippen LogP contribution < -0.4 is 5.32 Å². The lowest BCUT2D eigenvalue weighted by Gasteiger charge is -2.15. The molecule has 2 rings (SSSR count). The van der Waals surface area contributed by atoms with Crippen LogP contribution in [0.15, 0.2) is 48.5 Å². The Hall–Kier alpha value is -2.13. The monoisotopic (exact) mass is 269 g/mol. The molecule has 0 radical (unpaired) electrons. The van der Waals surface area contributed by atoms with Gasteiger partial charge in [-0.1, -0.05) is 42.0 Å². The number of hydrogen-bond acceptors (Lipinski definition) is 2. The number of nitrogens with one attached hydrogen (secondary N) is 1. The molecule has 20 heavy (non-hydrogen) atoms. The Kier molecular flexibility index (Phi) is 4.53. The van der Waals surface area contributed by atoms with Crippen molar-refractivity contribution in [2.75, 3.05) is 0 Å².